The zero-order valence-corrected chi connectivity index (χ0v) is 15.1. The smallest absolute Gasteiger partial charge is 0.303 e. The summed E-state index contributed by atoms with van der Waals surface area (Å²) in [5.41, 5.74) is 0. The highest BCUT2D eigenvalue weighted by Crippen LogP contribution is 1.96. The van der Waals surface area contributed by atoms with Gasteiger partial charge >= 0.3 is 5.97 Å². The molecule has 0 radical (unpaired) electrons. The number of rotatable bonds is 14. The van der Waals surface area contributed by atoms with Gasteiger partial charge in [-0.15, -0.1) is 0 Å². The van der Waals surface area contributed by atoms with Crippen LogP contribution in [-0.4, -0.2) is 16.9 Å². The molecule has 3 nitrogen and oxygen atoms in total. The van der Waals surface area contributed by atoms with Crippen LogP contribution in [0.25, 0.3) is 0 Å². The van der Waals surface area contributed by atoms with Gasteiger partial charge in [-0.1, -0.05) is 73.8 Å². The molecule has 0 aromatic heterocycles. The van der Waals surface area contributed by atoms with Crippen LogP contribution >= 0.6 is 0 Å². The van der Waals surface area contributed by atoms with Gasteiger partial charge in [0, 0.05) is 12.8 Å². The van der Waals surface area contributed by atoms with Crippen molar-refractivity contribution in [2.24, 2.45) is 0 Å². The van der Waals surface area contributed by atoms with Crippen molar-refractivity contribution in [1.29, 1.82) is 0 Å². The van der Waals surface area contributed by atoms with Gasteiger partial charge in [-0.25, -0.2) is 0 Å². The molecule has 0 spiro atoms. The number of hydrogen-bond acceptors (Lipinski definition) is 2. The summed E-state index contributed by atoms with van der Waals surface area (Å²) in [7, 11) is 0. The molecule has 136 valence electrons. The van der Waals surface area contributed by atoms with Gasteiger partial charge in [0.05, 0.1) is 0 Å². The third-order valence-electron chi connectivity index (χ3n) is 3.09. The second-order valence-electron chi connectivity index (χ2n) is 5.39. The van der Waals surface area contributed by atoms with E-state index in [0.29, 0.717) is 12.8 Å². The molecule has 0 saturated heterocycles. The van der Waals surface area contributed by atoms with Gasteiger partial charge in [0.15, 0.2) is 5.78 Å². The predicted octanol–water partition coefficient (Wildman–Crippen LogP) is 5.73. The average Bonchev–Trinajstić information content (AvgIpc) is 2.58. The highest BCUT2D eigenvalue weighted by atomic mass is 16.4. The molecule has 0 rings (SSSR count). The molecule has 0 bridgehead atoms. The molecule has 0 aromatic rings. The lowest BCUT2D eigenvalue weighted by Crippen LogP contribution is -1.91. The summed E-state index contributed by atoms with van der Waals surface area (Å²) in [6.45, 7) is 2.05. The maximum atomic E-state index is 11.4. The summed E-state index contributed by atoms with van der Waals surface area (Å²) in [6.07, 6.45) is 28.2. The summed E-state index contributed by atoms with van der Waals surface area (Å²) in [5, 5.41) is 8.49. The van der Waals surface area contributed by atoms with Gasteiger partial charge in [0.2, 0.25) is 0 Å². The Labute approximate surface area is 151 Å². The Kier molecular flexibility index (Phi) is 16.2. The summed E-state index contributed by atoms with van der Waals surface area (Å²) >= 11 is 0. The monoisotopic (exact) mass is 342 g/mol. The number of carboxylic acids is 1. The van der Waals surface area contributed by atoms with Crippen molar-refractivity contribution in [3.63, 3.8) is 0 Å². The van der Waals surface area contributed by atoms with Gasteiger partial charge in [-0.05, 0) is 38.2 Å². The Morgan fingerprint density at radius 1 is 0.760 bits per heavy atom. The molecule has 1 N–H and O–H groups in total. The molecule has 0 aromatic carbocycles. The van der Waals surface area contributed by atoms with Crippen molar-refractivity contribution in [3.05, 3.63) is 72.9 Å². The van der Waals surface area contributed by atoms with Crippen LogP contribution in [0.5, 0.6) is 0 Å². The van der Waals surface area contributed by atoms with Crippen LogP contribution in [0.15, 0.2) is 72.9 Å². The number of carbonyl (C=O) groups excluding carboxylic acids is 1. The first-order chi connectivity index (χ1) is 12.2. The molecule has 0 saturated carbocycles. The summed E-state index contributed by atoms with van der Waals surface area (Å²) < 4.78 is 0. The molecule has 0 atom stereocenters. The lowest BCUT2D eigenvalue weighted by Gasteiger charge is -1.87. The maximum Gasteiger partial charge on any atom is 0.303 e. The van der Waals surface area contributed by atoms with Gasteiger partial charge in [0.1, 0.15) is 0 Å². The molecule has 0 aliphatic rings. The molecule has 0 heterocycles. The van der Waals surface area contributed by atoms with E-state index in [1.165, 1.54) is 0 Å². The first kappa shape index (κ1) is 22.6. The van der Waals surface area contributed by atoms with E-state index in [4.69, 9.17) is 5.11 Å². The fourth-order valence-corrected chi connectivity index (χ4v) is 1.80. The van der Waals surface area contributed by atoms with Crippen molar-refractivity contribution in [1.82, 2.24) is 0 Å². The molecule has 0 unspecified atom stereocenters. The highest BCUT2D eigenvalue weighted by molar-refractivity contribution is 5.90. The standard InChI is InChI=1S/C22H30O3/c1-2-3-15-18-21(23)19-16-13-11-9-7-5-4-6-8-10-12-14-17-20-22(24)25/h3,5-8,11-16,19H,2,4,9-10,17-18,20H2,1H3,(H,24,25)/b7-5-,8-6-,13-11+,14-12-,15-3-,19-16-. The van der Waals surface area contributed by atoms with E-state index in [2.05, 4.69) is 24.3 Å². The van der Waals surface area contributed by atoms with E-state index in [-0.39, 0.29) is 12.2 Å². The molecule has 0 fully saturated rings. The van der Waals surface area contributed by atoms with Crippen LogP contribution in [0.2, 0.25) is 0 Å². The van der Waals surface area contributed by atoms with Crippen LogP contribution in [0.1, 0.15) is 51.9 Å². The quantitative estimate of drug-likeness (QED) is 0.249. The molecule has 3 heteroatoms. The third-order valence-corrected chi connectivity index (χ3v) is 3.09. The SMILES string of the molecule is CC/C=C\CC(=O)/C=C\C=C\C/C=C\C/C=C\C/C=C\CCC(=O)O. The lowest BCUT2D eigenvalue weighted by molar-refractivity contribution is -0.136. The Morgan fingerprint density at radius 3 is 1.96 bits per heavy atom. The van der Waals surface area contributed by atoms with E-state index in [1.54, 1.807) is 12.2 Å². The molecule has 25 heavy (non-hydrogen) atoms. The Balaban J connectivity index is 3.68. The van der Waals surface area contributed by atoms with Crippen molar-refractivity contribution < 1.29 is 14.7 Å². The van der Waals surface area contributed by atoms with Crippen molar-refractivity contribution in [3.8, 4) is 0 Å². The number of allylic oxidation sites excluding steroid dienone is 12. The number of ketones is 1. The zero-order valence-electron chi connectivity index (χ0n) is 15.1. The van der Waals surface area contributed by atoms with E-state index in [0.717, 1.165) is 25.7 Å². The van der Waals surface area contributed by atoms with Crippen LogP contribution in [-0.2, 0) is 9.59 Å². The predicted molar refractivity (Wildman–Crippen MR) is 105 cm³/mol. The minimum absolute atomic E-state index is 0.118. The lowest BCUT2D eigenvalue weighted by atomic mass is 10.2. The zero-order chi connectivity index (χ0) is 18.6. The topological polar surface area (TPSA) is 54.4 Å². The fourth-order valence-electron chi connectivity index (χ4n) is 1.80. The number of carboxylic acid groups (broad SMARTS) is 1. The molecular formula is C22H30O3. The summed E-state index contributed by atoms with van der Waals surface area (Å²) in [6, 6.07) is 0. The summed E-state index contributed by atoms with van der Waals surface area (Å²) in [5.74, 6) is -0.641. The number of hydrogen-bond donors (Lipinski definition) is 1. The first-order valence-electron chi connectivity index (χ1n) is 8.84. The molecule has 0 amide bonds. The fraction of sp³-hybridized carbons (Fsp3) is 0.364. The van der Waals surface area contributed by atoms with Gasteiger partial charge < -0.3 is 5.11 Å². The highest BCUT2D eigenvalue weighted by Gasteiger charge is 1.90. The largest absolute Gasteiger partial charge is 0.481 e. The van der Waals surface area contributed by atoms with E-state index < -0.39 is 5.97 Å². The van der Waals surface area contributed by atoms with Gasteiger partial charge in [-0.2, -0.15) is 0 Å². The second-order valence-corrected chi connectivity index (χ2v) is 5.39. The van der Waals surface area contributed by atoms with Gasteiger partial charge in [0.25, 0.3) is 0 Å². The first-order valence-corrected chi connectivity index (χ1v) is 8.84. The van der Waals surface area contributed by atoms with Crippen LogP contribution in [0.4, 0.5) is 0 Å². The van der Waals surface area contributed by atoms with E-state index >= 15 is 0 Å². The third kappa shape index (κ3) is 19.5. The normalized spacial score (nSPS) is 12.8. The Bertz CT molecular complexity index is 531. The second kappa shape index (κ2) is 17.9. The molecular weight excluding hydrogens is 312 g/mol. The van der Waals surface area contributed by atoms with Crippen LogP contribution in [0, 0.1) is 0 Å². The minimum Gasteiger partial charge on any atom is -0.481 e. The van der Waals surface area contributed by atoms with Gasteiger partial charge in [-0.3, -0.25) is 9.59 Å². The van der Waals surface area contributed by atoms with Crippen LogP contribution < -0.4 is 0 Å². The van der Waals surface area contributed by atoms with Crippen LogP contribution in [0.3, 0.4) is 0 Å². The average molecular weight is 342 g/mol. The molecule has 0 aliphatic heterocycles. The molecule has 0 aliphatic carbocycles. The van der Waals surface area contributed by atoms with Crippen molar-refractivity contribution >= 4 is 11.8 Å². The Morgan fingerprint density at radius 2 is 1.36 bits per heavy atom. The van der Waals surface area contributed by atoms with E-state index in [9.17, 15) is 9.59 Å². The maximum absolute atomic E-state index is 11.4. The van der Waals surface area contributed by atoms with Crippen molar-refractivity contribution in [2.75, 3.05) is 0 Å². The number of carbonyl (C=O) groups is 2. The van der Waals surface area contributed by atoms with E-state index in [1.807, 2.05) is 43.4 Å². The van der Waals surface area contributed by atoms with Crippen molar-refractivity contribution in [2.45, 2.75) is 51.9 Å². The Hall–Kier alpha value is -2.42. The minimum atomic E-state index is -0.759. The summed E-state index contributed by atoms with van der Waals surface area (Å²) in [4.78, 5) is 21.8. The number of aliphatic carboxylic acids is 1.